The van der Waals surface area contributed by atoms with Crippen molar-refractivity contribution < 1.29 is 9.29 Å². The number of hydrogen-bond donors (Lipinski definition) is 1. The molecule has 1 unspecified atom stereocenters. The summed E-state index contributed by atoms with van der Waals surface area (Å²) in [6.07, 6.45) is 0. The summed E-state index contributed by atoms with van der Waals surface area (Å²) in [6, 6.07) is 0.961. The van der Waals surface area contributed by atoms with Gasteiger partial charge in [0.05, 0.1) is 0 Å². The number of ether oxygens (including phenoxy) is 1. The maximum absolute atomic E-state index is 11.2. The largest absolute Gasteiger partial charge is 0.549 e. The maximum Gasteiger partial charge on any atom is 0.364 e. The first-order chi connectivity index (χ1) is 7.31. The van der Waals surface area contributed by atoms with Crippen LogP contribution in [-0.2, 0) is 11.5 Å². The average Bonchev–Trinajstić information content (AvgIpc) is 2.36. The third-order valence-electron chi connectivity index (χ3n) is 2.01. The van der Waals surface area contributed by atoms with Crippen LogP contribution >= 0.6 is 11.1 Å². The molecule has 0 aromatic carbocycles. The van der Waals surface area contributed by atoms with E-state index in [4.69, 9.17) is 4.74 Å². The fourth-order valence-electron chi connectivity index (χ4n) is 0.999. The number of nitrogens with one attached hydrogen (secondary N) is 1. The third-order valence-corrected chi connectivity index (χ3v) is 4.74. The van der Waals surface area contributed by atoms with Gasteiger partial charge < -0.3 is 9.29 Å². The number of aromatic nitrogens is 2. The molecule has 0 aliphatic rings. The van der Waals surface area contributed by atoms with E-state index in [9.17, 15) is 14.1 Å². The van der Waals surface area contributed by atoms with Crippen molar-refractivity contribution in [2.45, 2.75) is 32.4 Å². The molecule has 0 amide bonds. The molecule has 1 N–H and O–H groups in total. The molecule has 1 rings (SSSR count). The van der Waals surface area contributed by atoms with Crippen molar-refractivity contribution in [1.82, 2.24) is 8.33 Å². The van der Waals surface area contributed by atoms with E-state index >= 15 is 0 Å². The molecular weight excluding hydrogens is 248 g/mol. The molecule has 0 fully saturated rings. The third kappa shape index (κ3) is 3.70. The van der Waals surface area contributed by atoms with Crippen LogP contribution in [0.3, 0.4) is 0 Å². The first-order valence-electron chi connectivity index (χ1n) is 4.93. The summed E-state index contributed by atoms with van der Waals surface area (Å²) in [5.74, 6) is 0. The quantitative estimate of drug-likeness (QED) is 0.365. The van der Waals surface area contributed by atoms with Crippen molar-refractivity contribution in [3.05, 3.63) is 20.7 Å². The fraction of sp³-hybridized carbons (Fsp3) is 0.750. The van der Waals surface area contributed by atoms with Gasteiger partial charge in [-0.2, -0.15) is 0 Å². The van der Waals surface area contributed by atoms with Gasteiger partial charge in [-0.3, -0.25) is 9.59 Å². The van der Waals surface area contributed by atoms with Gasteiger partial charge in [-0.25, -0.2) is 0 Å². The first-order valence-corrected chi connectivity index (χ1v) is 9.75. The van der Waals surface area contributed by atoms with Crippen LogP contribution in [0.15, 0.2) is 9.59 Å². The lowest BCUT2D eigenvalue weighted by molar-refractivity contribution is 0.0905. The maximum atomic E-state index is 11.2. The topological polar surface area (TPSA) is 87.2 Å². The van der Waals surface area contributed by atoms with Crippen molar-refractivity contribution in [2.24, 2.45) is 0 Å². The van der Waals surface area contributed by atoms with E-state index in [-0.39, 0.29) is 6.73 Å². The van der Waals surface area contributed by atoms with Crippen molar-refractivity contribution in [2.75, 3.05) is 6.61 Å². The van der Waals surface area contributed by atoms with Crippen molar-refractivity contribution in [1.29, 1.82) is 0 Å². The van der Waals surface area contributed by atoms with Crippen molar-refractivity contribution in [3.63, 3.8) is 0 Å². The highest BCUT2D eigenvalue weighted by atomic mass is 32.2. The Morgan fingerprint density at radius 3 is 2.50 bits per heavy atom. The summed E-state index contributed by atoms with van der Waals surface area (Å²) >= 11 is -1.77. The lowest BCUT2D eigenvalue weighted by Crippen LogP contribution is -2.29. The molecule has 1 atom stereocenters. The smallest absolute Gasteiger partial charge is 0.364 e. The lowest BCUT2D eigenvalue weighted by atomic mass is 10.8. The zero-order valence-corrected chi connectivity index (χ0v) is 11.4. The van der Waals surface area contributed by atoms with E-state index in [0.717, 1.165) is 10.0 Å². The molecule has 1 aromatic heterocycles. The molecule has 92 valence electrons. The second-order valence-corrected chi connectivity index (χ2v) is 11.5. The summed E-state index contributed by atoms with van der Waals surface area (Å²) < 4.78 is 19.3. The van der Waals surface area contributed by atoms with Gasteiger partial charge in [0.2, 0.25) is 0 Å². The molecular formula is C8H16N2O4SSi. The highest BCUT2D eigenvalue weighted by Gasteiger charge is 2.15. The normalized spacial score (nSPS) is 13.1. The zero-order chi connectivity index (χ0) is 12.3. The number of nitrogens with zero attached hydrogens (tertiary/aromatic N) is 1. The molecule has 6 nitrogen and oxygen atoms in total. The van der Waals surface area contributed by atoms with Crippen LogP contribution in [-0.4, -0.2) is 27.6 Å². The Kier molecular flexibility index (Phi) is 4.25. The molecule has 8 heteroatoms. The van der Waals surface area contributed by atoms with Crippen LogP contribution in [0.5, 0.6) is 0 Å². The van der Waals surface area contributed by atoms with Gasteiger partial charge in [0.25, 0.3) is 0 Å². The summed E-state index contributed by atoms with van der Waals surface area (Å²) in [4.78, 5) is 22.0. The van der Waals surface area contributed by atoms with E-state index in [2.05, 4.69) is 19.6 Å². The number of hydrogen-bond acceptors (Lipinski definition) is 4. The average molecular weight is 264 g/mol. The molecule has 0 saturated carbocycles. The van der Waals surface area contributed by atoms with Crippen LogP contribution in [0.2, 0.25) is 25.7 Å². The summed E-state index contributed by atoms with van der Waals surface area (Å²) in [5, 5.41) is 0. The monoisotopic (exact) mass is 264 g/mol. The van der Waals surface area contributed by atoms with E-state index in [1.165, 1.54) is 0 Å². The van der Waals surface area contributed by atoms with Gasteiger partial charge in [-0.1, -0.05) is 23.6 Å². The van der Waals surface area contributed by atoms with Gasteiger partial charge >= 0.3 is 11.1 Å². The lowest BCUT2D eigenvalue weighted by Gasteiger charge is -2.14. The number of aromatic amines is 1. The van der Waals surface area contributed by atoms with Crippen molar-refractivity contribution in [3.8, 4) is 0 Å². The summed E-state index contributed by atoms with van der Waals surface area (Å²) in [6.45, 7) is 7.04. The highest BCUT2D eigenvalue weighted by molar-refractivity contribution is 7.14. The van der Waals surface area contributed by atoms with E-state index < -0.39 is 30.3 Å². The summed E-state index contributed by atoms with van der Waals surface area (Å²) in [5.41, 5.74) is -1.64. The zero-order valence-electron chi connectivity index (χ0n) is 9.61. The molecule has 0 aliphatic carbocycles. The molecule has 0 bridgehead atoms. The van der Waals surface area contributed by atoms with E-state index in [0.29, 0.717) is 6.61 Å². The summed E-state index contributed by atoms with van der Waals surface area (Å²) in [7, 11) is -1.17. The highest BCUT2D eigenvalue weighted by Crippen LogP contribution is 2.08. The van der Waals surface area contributed by atoms with Crippen LogP contribution in [0.1, 0.15) is 0 Å². The van der Waals surface area contributed by atoms with Gasteiger partial charge in [-0.05, 0) is 6.04 Å². The molecule has 1 aromatic rings. The molecule has 0 spiro atoms. The second-order valence-electron chi connectivity index (χ2n) is 4.71. The Bertz CT molecular complexity index is 456. The minimum absolute atomic E-state index is 0.103. The standard InChI is InChI=1S/C8H16N2O4SSi/c1-16(2,3)5-4-14-6-10-8(12)7(11)9-15(10)13/h4-6H2,1-3H3,(H,9,11). The number of rotatable bonds is 5. The first kappa shape index (κ1) is 13.4. The number of H-pyrrole nitrogens is 1. The van der Waals surface area contributed by atoms with E-state index in [1.807, 2.05) is 4.37 Å². The van der Waals surface area contributed by atoms with Crippen LogP contribution in [0, 0.1) is 0 Å². The SMILES string of the molecule is C[Si](C)(C)CCOCn1c(=O)c(=O)[nH][s+]1[O-]. The fourth-order valence-corrected chi connectivity index (χ4v) is 2.52. The predicted molar refractivity (Wildman–Crippen MR) is 64.1 cm³/mol. The molecule has 1 heterocycles. The van der Waals surface area contributed by atoms with Gasteiger partial charge in [0.15, 0.2) is 6.73 Å². The minimum Gasteiger partial charge on any atom is -0.549 e. The van der Waals surface area contributed by atoms with E-state index in [1.54, 1.807) is 0 Å². The molecule has 0 radical (unpaired) electrons. The van der Waals surface area contributed by atoms with Gasteiger partial charge in [0.1, 0.15) is 11.1 Å². The van der Waals surface area contributed by atoms with Gasteiger partial charge in [0, 0.05) is 14.7 Å². The Morgan fingerprint density at radius 2 is 2.06 bits per heavy atom. The predicted octanol–water partition coefficient (Wildman–Crippen LogP) is 0.577. The Labute approximate surface area is 97.0 Å². The van der Waals surface area contributed by atoms with Crippen LogP contribution in [0.4, 0.5) is 0 Å². The molecule has 16 heavy (non-hydrogen) atoms. The Balaban J connectivity index is 2.50. The minimum atomic E-state index is -1.77. The Morgan fingerprint density at radius 1 is 1.44 bits per heavy atom. The molecule has 0 aliphatic heterocycles. The van der Waals surface area contributed by atoms with Crippen LogP contribution < -0.4 is 11.1 Å². The Hall–Kier alpha value is -0.703. The van der Waals surface area contributed by atoms with Gasteiger partial charge in [-0.15, -0.1) is 4.37 Å². The van der Waals surface area contributed by atoms with Crippen LogP contribution in [0.25, 0.3) is 0 Å². The second kappa shape index (κ2) is 5.08. The van der Waals surface area contributed by atoms with Crippen molar-refractivity contribution >= 4 is 19.2 Å². The molecule has 0 saturated heterocycles.